The Labute approximate surface area is 168 Å². The van der Waals surface area contributed by atoms with Crippen LogP contribution in [0.25, 0.3) is 0 Å². The lowest BCUT2D eigenvalue weighted by Gasteiger charge is -2.27. The molecule has 1 atom stereocenters. The summed E-state index contributed by atoms with van der Waals surface area (Å²) in [6.45, 7) is 10.9. The lowest BCUT2D eigenvalue weighted by molar-refractivity contribution is -0.132. The van der Waals surface area contributed by atoms with Gasteiger partial charge in [0, 0.05) is 13.1 Å². The maximum absolute atomic E-state index is 12.6. The van der Waals surface area contributed by atoms with Crippen LogP contribution in [0.1, 0.15) is 39.3 Å². The molecular formula is C21H33N3O4. The van der Waals surface area contributed by atoms with E-state index in [4.69, 9.17) is 9.47 Å². The van der Waals surface area contributed by atoms with E-state index in [0.29, 0.717) is 32.1 Å². The molecule has 28 heavy (non-hydrogen) atoms. The number of nitrogens with zero attached hydrogens (tertiary/aromatic N) is 2. The van der Waals surface area contributed by atoms with Crippen LogP contribution >= 0.6 is 0 Å². The van der Waals surface area contributed by atoms with Crippen molar-refractivity contribution in [3.05, 3.63) is 23.8 Å². The van der Waals surface area contributed by atoms with Crippen LogP contribution in [-0.4, -0.2) is 68.1 Å². The summed E-state index contributed by atoms with van der Waals surface area (Å²) in [5.41, 5.74) is 0.981. The molecule has 1 aliphatic heterocycles. The Bertz CT molecular complexity index is 674. The Morgan fingerprint density at radius 1 is 1.07 bits per heavy atom. The van der Waals surface area contributed by atoms with Crippen LogP contribution in [0.3, 0.4) is 0 Å². The molecule has 0 saturated carbocycles. The Balaban J connectivity index is 1.98. The van der Waals surface area contributed by atoms with Crippen molar-refractivity contribution in [2.24, 2.45) is 5.92 Å². The molecule has 1 N–H and O–H groups in total. The second-order valence-electron chi connectivity index (χ2n) is 7.43. The summed E-state index contributed by atoms with van der Waals surface area (Å²) in [6.07, 6.45) is 0. The fraction of sp³-hybridized carbons (Fsp3) is 0.619. The number of amides is 2. The molecule has 0 aromatic heterocycles. The van der Waals surface area contributed by atoms with Crippen LogP contribution < -0.4 is 14.8 Å². The molecule has 7 nitrogen and oxygen atoms in total. The number of carbonyl (C=O) groups excluding carboxylic acids is 2. The predicted molar refractivity (Wildman–Crippen MR) is 109 cm³/mol. The summed E-state index contributed by atoms with van der Waals surface area (Å²) in [5.74, 6) is 1.58. The highest BCUT2D eigenvalue weighted by atomic mass is 16.6. The fourth-order valence-electron chi connectivity index (χ4n) is 3.32. The summed E-state index contributed by atoms with van der Waals surface area (Å²) in [5, 5.41) is 3.10. The predicted octanol–water partition coefficient (Wildman–Crippen LogP) is 2.07. The molecule has 0 aliphatic carbocycles. The van der Waals surface area contributed by atoms with Gasteiger partial charge in [0.1, 0.15) is 13.2 Å². The van der Waals surface area contributed by atoms with Crippen molar-refractivity contribution in [3.8, 4) is 11.5 Å². The van der Waals surface area contributed by atoms with E-state index in [9.17, 15) is 9.59 Å². The molecule has 156 valence electrons. The zero-order valence-electron chi connectivity index (χ0n) is 17.7. The van der Waals surface area contributed by atoms with Gasteiger partial charge in [-0.1, -0.05) is 19.9 Å². The third-order valence-electron chi connectivity index (χ3n) is 4.84. The van der Waals surface area contributed by atoms with Crippen LogP contribution in [0.15, 0.2) is 18.2 Å². The first-order valence-corrected chi connectivity index (χ1v) is 10.0. The first-order chi connectivity index (χ1) is 13.3. The molecule has 1 aromatic rings. The van der Waals surface area contributed by atoms with Gasteiger partial charge in [-0.2, -0.15) is 0 Å². The molecule has 1 aliphatic rings. The minimum Gasteiger partial charge on any atom is -0.486 e. The van der Waals surface area contributed by atoms with E-state index in [1.54, 1.807) is 16.8 Å². The first-order valence-electron chi connectivity index (χ1n) is 10.0. The van der Waals surface area contributed by atoms with Crippen molar-refractivity contribution < 1.29 is 19.1 Å². The third-order valence-corrected chi connectivity index (χ3v) is 4.84. The van der Waals surface area contributed by atoms with E-state index >= 15 is 0 Å². The Morgan fingerprint density at radius 3 is 2.32 bits per heavy atom. The lowest BCUT2D eigenvalue weighted by Crippen LogP contribution is -2.43. The minimum atomic E-state index is -0.143. The average molecular weight is 392 g/mol. The number of ether oxygens (including phenoxy) is 2. The van der Waals surface area contributed by atoms with Gasteiger partial charge in [0.25, 0.3) is 0 Å². The topological polar surface area (TPSA) is 71.1 Å². The van der Waals surface area contributed by atoms with Gasteiger partial charge >= 0.3 is 0 Å². The summed E-state index contributed by atoms with van der Waals surface area (Å²) >= 11 is 0. The molecule has 0 fully saturated rings. The summed E-state index contributed by atoms with van der Waals surface area (Å²) in [6, 6.07) is 5.65. The fourth-order valence-corrected chi connectivity index (χ4v) is 3.32. The van der Waals surface area contributed by atoms with E-state index in [1.165, 1.54) is 0 Å². The highest BCUT2D eigenvalue weighted by Gasteiger charge is 2.22. The van der Waals surface area contributed by atoms with Gasteiger partial charge in [0.15, 0.2) is 11.5 Å². The van der Waals surface area contributed by atoms with E-state index in [2.05, 4.69) is 19.2 Å². The van der Waals surface area contributed by atoms with Gasteiger partial charge < -0.3 is 19.7 Å². The van der Waals surface area contributed by atoms with Crippen molar-refractivity contribution >= 4 is 11.8 Å². The van der Waals surface area contributed by atoms with Crippen molar-refractivity contribution in [2.75, 3.05) is 46.4 Å². The number of benzene rings is 1. The SMILES string of the molecule is CCN(CC)C(=O)CN(C)CC(=O)NC(c1ccc2c(c1)OCCO2)C(C)C. The molecule has 0 radical (unpaired) electrons. The van der Waals surface area contributed by atoms with Gasteiger partial charge in [-0.25, -0.2) is 0 Å². The number of hydrogen-bond acceptors (Lipinski definition) is 5. The van der Waals surface area contributed by atoms with Gasteiger partial charge in [-0.15, -0.1) is 0 Å². The van der Waals surface area contributed by atoms with Crippen molar-refractivity contribution in [1.29, 1.82) is 0 Å². The van der Waals surface area contributed by atoms with E-state index in [0.717, 1.165) is 11.3 Å². The number of likely N-dealkylation sites (N-methyl/N-ethyl adjacent to an activating group) is 2. The van der Waals surface area contributed by atoms with Crippen LogP contribution in [0.5, 0.6) is 11.5 Å². The van der Waals surface area contributed by atoms with Gasteiger partial charge in [0.05, 0.1) is 19.1 Å². The van der Waals surface area contributed by atoms with E-state index in [1.807, 2.05) is 32.0 Å². The smallest absolute Gasteiger partial charge is 0.236 e. The van der Waals surface area contributed by atoms with Gasteiger partial charge in [-0.05, 0) is 44.5 Å². The Hall–Kier alpha value is -2.28. The molecular weight excluding hydrogens is 358 g/mol. The second kappa shape index (κ2) is 10.3. The third kappa shape index (κ3) is 5.86. The summed E-state index contributed by atoms with van der Waals surface area (Å²) in [4.78, 5) is 28.3. The zero-order chi connectivity index (χ0) is 20.7. The number of carbonyl (C=O) groups is 2. The van der Waals surface area contributed by atoms with Crippen molar-refractivity contribution in [2.45, 2.75) is 33.7 Å². The Morgan fingerprint density at radius 2 is 1.71 bits per heavy atom. The van der Waals surface area contributed by atoms with Crippen molar-refractivity contribution in [1.82, 2.24) is 15.1 Å². The summed E-state index contributed by atoms with van der Waals surface area (Å²) < 4.78 is 11.2. The van der Waals surface area contributed by atoms with E-state index < -0.39 is 0 Å². The number of nitrogens with one attached hydrogen (secondary N) is 1. The van der Waals surface area contributed by atoms with Gasteiger partial charge in [0.2, 0.25) is 11.8 Å². The molecule has 2 rings (SSSR count). The maximum atomic E-state index is 12.6. The molecule has 0 bridgehead atoms. The lowest BCUT2D eigenvalue weighted by atomic mass is 9.95. The molecule has 1 heterocycles. The van der Waals surface area contributed by atoms with E-state index in [-0.39, 0.29) is 36.9 Å². The zero-order valence-corrected chi connectivity index (χ0v) is 17.7. The van der Waals surface area contributed by atoms with Crippen LogP contribution in [0, 0.1) is 5.92 Å². The number of fused-ring (bicyclic) bond motifs is 1. The molecule has 7 heteroatoms. The molecule has 0 spiro atoms. The monoisotopic (exact) mass is 391 g/mol. The first kappa shape index (κ1) is 22.0. The minimum absolute atomic E-state index is 0.0348. The number of rotatable bonds is 9. The van der Waals surface area contributed by atoms with Crippen LogP contribution in [0.4, 0.5) is 0 Å². The standard InChI is InChI=1S/C21H33N3O4/c1-6-24(7-2)20(26)14-23(5)13-19(25)22-21(15(3)4)16-8-9-17-18(12-16)28-11-10-27-17/h8-9,12,15,21H,6-7,10-11,13-14H2,1-5H3,(H,22,25). The quantitative estimate of drug-likeness (QED) is 0.698. The number of hydrogen-bond donors (Lipinski definition) is 1. The highest BCUT2D eigenvalue weighted by molar-refractivity contribution is 5.81. The van der Waals surface area contributed by atoms with Gasteiger partial charge in [-0.3, -0.25) is 14.5 Å². The Kier molecular flexibility index (Phi) is 8.11. The normalized spacial score (nSPS) is 14.1. The summed E-state index contributed by atoms with van der Waals surface area (Å²) in [7, 11) is 1.79. The molecule has 0 saturated heterocycles. The second-order valence-corrected chi connectivity index (χ2v) is 7.43. The van der Waals surface area contributed by atoms with Crippen LogP contribution in [0.2, 0.25) is 0 Å². The molecule has 1 aromatic carbocycles. The molecule has 2 amide bonds. The van der Waals surface area contributed by atoms with Crippen molar-refractivity contribution in [3.63, 3.8) is 0 Å². The van der Waals surface area contributed by atoms with Crippen LogP contribution in [-0.2, 0) is 9.59 Å². The molecule has 1 unspecified atom stereocenters. The average Bonchev–Trinajstić information content (AvgIpc) is 2.66. The maximum Gasteiger partial charge on any atom is 0.236 e. The highest BCUT2D eigenvalue weighted by Crippen LogP contribution is 2.34. The largest absolute Gasteiger partial charge is 0.486 e.